The summed E-state index contributed by atoms with van der Waals surface area (Å²) >= 11 is 0. The average molecular weight is 195 g/mol. The molecule has 0 aromatic heterocycles. The Labute approximate surface area is 79.6 Å². The zero-order chi connectivity index (χ0) is 10.3. The molecule has 0 saturated heterocycles. The van der Waals surface area contributed by atoms with Crippen LogP contribution < -0.4 is 5.32 Å². The zero-order valence-electron chi connectivity index (χ0n) is 7.14. The van der Waals surface area contributed by atoms with E-state index in [9.17, 15) is 15.0 Å². The minimum absolute atomic E-state index is 0.0960. The Hall–Kier alpha value is -1.43. The number of carbonyl (C=O) groups is 1. The number of hydrogen-bond donors (Lipinski definition) is 4. The van der Waals surface area contributed by atoms with Crippen LogP contribution >= 0.6 is 0 Å². The molecule has 0 amide bonds. The first-order valence-corrected chi connectivity index (χ1v) is 4.09. The fourth-order valence-corrected chi connectivity index (χ4v) is 1.52. The molecule has 1 aliphatic heterocycles. The third-order valence-corrected chi connectivity index (χ3v) is 2.24. The molecule has 0 saturated carbocycles. The first kappa shape index (κ1) is 9.14. The Kier molecular flexibility index (Phi) is 1.99. The van der Waals surface area contributed by atoms with Gasteiger partial charge in [-0.1, -0.05) is 6.07 Å². The van der Waals surface area contributed by atoms with Crippen LogP contribution in [0.15, 0.2) is 18.2 Å². The van der Waals surface area contributed by atoms with Crippen LogP contribution in [-0.4, -0.2) is 21.3 Å². The Bertz CT molecular complexity index is 390. The zero-order valence-corrected chi connectivity index (χ0v) is 7.14. The van der Waals surface area contributed by atoms with Gasteiger partial charge in [0.05, 0.1) is 5.56 Å². The van der Waals surface area contributed by atoms with Crippen molar-refractivity contribution in [2.45, 2.75) is 12.5 Å². The first-order valence-electron chi connectivity index (χ1n) is 4.09. The highest BCUT2D eigenvalue weighted by Gasteiger charge is 2.27. The Morgan fingerprint density at radius 2 is 1.86 bits per heavy atom. The molecule has 4 N–H and O–H groups in total. The summed E-state index contributed by atoms with van der Waals surface area (Å²) in [7, 11) is 0. The van der Waals surface area contributed by atoms with E-state index in [1.54, 1.807) is 0 Å². The number of rotatable bonds is 1. The van der Waals surface area contributed by atoms with Crippen LogP contribution in [0, 0.1) is 0 Å². The van der Waals surface area contributed by atoms with E-state index in [0.29, 0.717) is 11.1 Å². The summed E-state index contributed by atoms with van der Waals surface area (Å²) in [5.41, 5.74) is 1.03. The number of hydrogen-bond acceptors (Lipinski definition) is 4. The lowest BCUT2D eigenvalue weighted by atomic mass is 10.1. The van der Waals surface area contributed by atoms with Gasteiger partial charge >= 0.3 is 5.97 Å². The highest BCUT2D eigenvalue weighted by molar-refractivity contribution is 5.88. The van der Waals surface area contributed by atoms with Crippen molar-refractivity contribution >= 4 is 5.97 Å². The van der Waals surface area contributed by atoms with Crippen LogP contribution in [0.2, 0.25) is 0 Å². The van der Waals surface area contributed by atoms with E-state index in [1.807, 2.05) is 0 Å². The van der Waals surface area contributed by atoms with Gasteiger partial charge < -0.3 is 15.3 Å². The van der Waals surface area contributed by atoms with Crippen LogP contribution in [0.5, 0.6) is 0 Å². The lowest BCUT2D eigenvalue weighted by molar-refractivity contribution is 0.0671. The Morgan fingerprint density at radius 1 is 1.21 bits per heavy atom. The topological polar surface area (TPSA) is 89.8 Å². The molecule has 0 fully saturated rings. The normalized spacial score (nSPS) is 24.7. The SMILES string of the molecule is O=C(O)c1ccc2c(c1)C(O)NC2O. The average Bonchev–Trinajstić information content (AvgIpc) is 2.42. The van der Waals surface area contributed by atoms with Crippen molar-refractivity contribution < 1.29 is 20.1 Å². The maximum Gasteiger partial charge on any atom is 0.335 e. The number of carboxylic acids is 1. The molecule has 5 heteroatoms. The van der Waals surface area contributed by atoms with Crippen LogP contribution in [-0.2, 0) is 0 Å². The van der Waals surface area contributed by atoms with Crippen molar-refractivity contribution in [1.82, 2.24) is 5.32 Å². The van der Waals surface area contributed by atoms with Crippen molar-refractivity contribution in [2.24, 2.45) is 0 Å². The summed E-state index contributed by atoms with van der Waals surface area (Å²) in [6.07, 6.45) is -1.93. The molecule has 0 aliphatic carbocycles. The molecule has 1 aliphatic rings. The van der Waals surface area contributed by atoms with E-state index >= 15 is 0 Å². The summed E-state index contributed by atoms with van der Waals surface area (Å²) in [6.45, 7) is 0. The van der Waals surface area contributed by atoms with Gasteiger partial charge in [-0.05, 0) is 12.1 Å². The monoisotopic (exact) mass is 195 g/mol. The van der Waals surface area contributed by atoms with E-state index in [2.05, 4.69) is 5.32 Å². The second kappa shape index (κ2) is 3.06. The molecular weight excluding hydrogens is 186 g/mol. The standard InChI is InChI=1S/C9H9NO4/c11-7-5-2-1-4(9(13)14)3-6(5)8(12)10-7/h1-3,7-8,10-12H,(H,13,14). The smallest absolute Gasteiger partial charge is 0.335 e. The quantitative estimate of drug-likeness (QED) is 0.505. The van der Waals surface area contributed by atoms with Crippen molar-refractivity contribution in [3.63, 3.8) is 0 Å². The fourth-order valence-electron chi connectivity index (χ4n) is 1.52. The second-order valence-electron chi connectivity index (χ2n) is 3.12. The molecule has 1 aromatic rings. The molecular formula is C9H9NO4. The largest absolute Gasteiger partial charge is 0.478 e. The summed E-state index contributed by atoms with van der Waals surface area (Å²) < 4.78 is 0. The van der Waals surface area contributed by atoms with Gasteiger partial charge in [0.2, 0.25) is 0 Å². The van der Waals surface area contributed by atoms with Crippen molar-refractivity contribution in [1.29, 1.82) is 0 Å². The molecule has 1 heterocycles. The highest BCUT2D eigenvalue weighted by atomic mass is 16.4. The van der Waals surface area contributed by atoms with Crippen molar-refractivity contribution in [3.8, 4) is 0 Å². The third-order valence-electron chi connectivity index (χ3n) is 2.24. The predicted octanol–water partition coefficient (Wildman–Crippen LogP) is -0.0302. The van der Waals surface area contributed by atoms with Gasteiger partial charge in [-0.3, -0.25) is 5.32 Å². The van der Waals surface area contributed by atoms with E-state index in [-0.39, 0.29) is 5.56 Å². The first-order chi connectivity index (χ1) is 6.59. The molecule has 5 nitrogen and oxygen atoms in total. The summed E-state index contributed by atoms with van der Waals surface area (Å²) in [5, 5.41) is 29.9. The maximum absolute atomic E-state index is 10.6. The van der Waals surface area contributed by atoms with Crippen molar-refractivity contribution in [2.75, 3.05) is 0 Å². The molecule has 2 atom stereocenters. The van der Waals surface area contributed by atoms with Crippen LogP contribution in [0.4, 0.5) is 0 Å². The minimum atomic E-state index is -1.05. The molecule has 2 rings (SSSR count). The number of aliphatic hydroxyl groups is 2. The molecule has 0 radical (unpaired) electrons. The molecule has 74 valence electrons. The van der Waals surface area contributed by atoms with Gasteiger partial charge in [-0.25, -0.2) is 4.79 Å². The Balaban J connectivity index is 2.50. The van der Waals surface area contributed by atoms with Crippen LogP contribution in [0.1, 0.15) is 33.9 Å². The molecule has 2 unspecified atom stereocenters. The van der Waals surface area contributed by atoms with Gasteiger partial charge in [0.25, 0.3) is 0 Å². The maximum atomic E-state index is 10.6. The van der Waals surface area contributed by atoms with Crippen LogP contribution in [0.3, 0.4) is 0 Å². The Morgan fingerprint density at radius 3 is 2.50 bits per heavy atom. The predicted molar refractivity (Wildman–Crippen MR) is 46.5 cm³/mol. The molecule has 1 aromatic carbocycles. The molecule has 14 heavy (non-hydrogen) atoms. The summed E-state index contributed by atoms with van der Waals surface area (Å²) in [6, 6.07) is 4.24. The number of aliphatic hydroxyl groups excluding tert-OH is 2. The lowest BCUT2D eigenvalue weighted by Gasteiger charge is -2.03. The summed E-state index contributed by atoms with van der Waals surface area (Å²) in [5.74, 6) is -1.05. The fraction of sp³-hybridized carbons (Fsp3) is 0.222. The number of aromatic carboxylic acids is 1. The van der Waals surface area contributed by atoms with E-state index in [1.165, 1.54) is 18.2 Å². The number of nitrogens with one attached hydrogen (secondary N) is 1. The van der Waals surface area contributed by atoms with Gasteiger partial charge in [0, 0.05) is 11.1 Å². The highest BCUT2D eigenvalue weighted by Crippen LogP contribution is 2.30. The number of benzene rings is 1. The lowest BCUT2D eigenvalue weighted by Crippen LogP contribution is -2.16. The van der Waals surface area contributed by atoms with E-state index < -0.39 is 18.4 Å². The molecule has 0 bridgehead atoms. The third kappa shape index (κ3) is 1.27. The number of carboxylic acid groups (broad SMARTS) is 1. The summed E-state index contributed by atoms with van der Waals surface area (Å²) in [4.78, 5) is 10.6. The molecule has 0 spiro atoms. The van der Waals surface area contributed by atoms with E-state index in [4.69, 9.17) is 5.11 Å². The minimum Gasteiger partial charge on any atom is -0.478 e. The second-order valence-corrected chi connectivity index (χ2v) is 3.12. The van der Waals surface area contributed by atoms with Gasteiger partial charge in [0.15, 0.2) is 0 Å². The van der Waals surface area contributed by atoms with Crippen molar-refractivity contribution in [3.05, 3.63) is 34.9 Å². The van der Waals surface area contributed by atoms with E-state index in [0.717, 1.165) is 0 Å². The van der Waals surface area contributed by atoms with Crippen LogP contribution in [0.25, 0.3) is 0 Å². The van der Waals surface area contributed by atoms with Gasteiger partial charge in [-0.15, -0.1) is 0 Å². The van der Waals surface area contributed by atoms with Gasteiger partial charge in [-0.2, -0.15) is 0 Å². The van der Waals surface area contributed by atoms with Gasteiger partial charge in [0.1, 0.15) is 12.5 Å². The number of fused-ring (bicyclic) bond motifs is 1.